The van der Waals surface area contributed by atoms with E-state index in [9.17, 15) is 34.7 Å². The number of rotatable bonds is 16. The van der Waals surface area contributed by atoms with Gasteiger partial charge < -0.3 is 43.3 Å². The summed E-state index contributed by atoms with van der Waals surface area (Å²) in [6.45, 7) is -2.23. The summed E-state index contributed by atoms with van der Waals surface area (Å²) in [5, 5.41) is 34.2. The van der Waals surface area contributed by atoms with Gasteiger partial charge in [0, 0.05) is 17.9 Å². The molecule has 2 aliphatic heterocycles. The van der Waals surface area contributed by atoms with Crippen molar-refractivity contribution in [2.75, 3.05) is 30.5 Å². The average Bonchev–Trinajstić information content (AvgIpc) is 4.02. The van der Waals surface area contributed by atoms with Crippen LogP contribution in [0.4, 0.5) is 21.0 Å². The number of carbonyl (C=O) groups excluding carboxylic acids is 2. The van der Waals surface area contributed by atoms with Crippen LogP contribution < -0.4 is 16.2 Å². The van der Waals surface area contributed by atoms with E-state index in [0.29, 0.717) is 5.56 Å². The molecule has 8 atom stereocenters. The van der Waals surface area contributed by atoms with Crippen molar-refractivity contribution < 1.29 is 56.8 Å². The number of ether oxygens (including phenoxy) is 3. The molecule has 0 aliphatic carbocycles. The molecular weight excluding hydrogens is 848 g/mol. The van der Waals surface area contributed by atoms with Crippen molar-refractivity contribution in [3.63, 3.8) is 0 Å². The Morgan fingerprint density at radius 1 is 1.07 bits per heavy atom. The largest absolute Gasteiger partial charge is 0.506 e. The zero-order valence-corrected chi connectivity index (χ0v) is 33.8. The van der Waals surface area contributed by atoms with Crippen LogP contribution in [0, 0.1) is 17.2 Å². The van der Waals surface area contributed by atoms with Crippen molar-refractivity contribution >= 4 is 70.6 Å². The summed E-state index contributed by atoms with van der Waals surface area (Å²) in [6, 6.07) is 10.4. The highest BCUT2D eigenvalue weighted by Crippen LogP contribution is 2.54. The first kappa shape index (κ1) is 43.3. The van der Waals surface area contributed by atoms with Crippen molar-refractivity contribution in [3.8, 4) is 6.07 Å². The van der Waals surface area contributed by atoms with Gasteiger partial charge in [0.15, 0.2) is 46.6 Å². The number of imidazole rings is 2. The molecule has 1 unspecified atom stereocenters. The van der Waals surface area contributed by atoms with Gasteiger partial charge in [-0.3, -0.25) is 33.8 Å². The van der Waals surface area contributed by atoms with Gasteiger partial charge in [-0.25, -0.2) is 29.1 Å². The number of alkyl halides is 1. The number of H-pyrrole nitrogens is 1. The van der Waals surface area contributed by atoms with Gasteiger partial charge in [0.2, 0.25) is 11.9 Å². The van der Waals surface area contributed by atoms with Gasteiger partial charge in [0.05, 0.1) is 51.1 Å². The summed E-state index contributed by atoms with van der Waals surface area (Å²) in [5.74, 6) is -1.47. The van der Waals surface area contributed by atoms with E-state index >= 15 is 4.39 Å². The Kier molecular flexibility index (Phi) is 13.1. The van der Waals surface area contributed by atoms with Gasteiger partial charge in [0.1, 0.15) is 24.8 Å². The number of carboxylic acid groups (broad SMARTS) is 1. The number of nitrogens with zero attached hydrogens (tertiary/aromatic N) is 8. The molecule has 2 aliphatic rings. The number of aliphatic hydroxyl groups is 1. The maximum Gasteiger partial charge on any atom is 0.506 e. The fourth-order valence-electron chi connectivity index (χ4n) is 6.43. The van der Waals surface area contributed by atoms with Gasteiger partial charge in [-0.1, -0.05) is 32.0 Å². The molecule has 7 rings (SSSR count). The summed E-state index contributed by atoms with van der Waals surface area (Å²) in [7, 11) is 0. The zero-order valence-electron chi connectivity index (χ0n) is 32.1. The van der Waals surface area contributed by atoms with E-state index in [1.165, 1.54) is 12.7 Å². The van der Waals surface area contributed by atoms with Gasteiger partial charge in [-0.2, -0.15) is 10.2 Å². The van der Waals surface area contributed by atoms with Gasteiger partial charge in [-0.05, 0) is 23.9 Å². The molecule has 26 heteroatoms. The van der Waals surface area contributed by atoms with E-state index in [2.05, 4.69) is 40.5 Å². The molecule has 322 valence electrons. The molecule has 0 radical (unpaired) electrons. The lowest BCUT2D eigenvalue weighted by molar-refractivity contribution is -0.118. The Labute approximate surface area is 348 Å². The number of anilines is 2. The molecular formula is C35H37FN11O12PS. The first-order valence-corrected chi connectivity index (χ1v) is 21.1. The number of benzene rings is 1. The molecule has 5 N–H and O–H groups in total. The van der Waals surface area contributed by atoms with Crippen LogP contribution >= 0.6 is 6.72 Å². The second kappa shape index (κ2) is 18.4. The predicted octanol–water partition coefficient (Wildman–Crippen LogP) is 2.94. The Morgan fingerprint density at radius 2 is 1.82 bits per heavy atom. The monoisotopic (exact) mass is 885 g/mol. The number of nitriles is 1. The van der Waals surface area contributed by atoms with E-state index in [0.717, 1.165) is 10.9 Å². The summed E-state index contributed by atoms with van der Waals surface area (Å²) >= 11 is 5.71. The molecule has 2 saturated heterocycles. The lowest BCUT2D eigenvalue weighted by Crippen LogP contribution is -2.34. The van der Waals surface area contributed by atoms with Crippen molar-refractivity contribution in [2.24, 2.45) is 5.92 Å². The lowest BCUT2D eigenvalue weighted by atomic mass is 10.1. The highest BCUT2D eigenvalue weighted by molar-refractivity contribution is 8.07. The number of hydrogen-bond donors (Lipinski definition) is 5. The minimum Gasteiger partial charge on any atom is -0.450 e. The van der Waals surface area contributed by atoms with Crippen molar-refractivity contribution in [1.29, 1.82) is 5.26 Å². The predicted molar refractivity (Wildman–Crippen MR) is 210 cm³/mol. The molecule has 2 fully saturated rings. The van der Waals surface area contributed by atoms with E-state index in [-0.39, 0.29) is 53.5 Å². The molecule has 2 amide bonds. The molecule has 6 heterocycles. The second-order valence-corrected chi connectivity index (χ2v) is 16.7. The van der Waals surface area contributed by atoms with Crippen molar-refractivity contribution in [1.82, 2.24) is 39.0 Å². The Morgan fingerprint density at radius 3 is 2.54 bits per heavy atom. The quantitative estimate of drug-likeness (QED) is 0.0540. The second-order valence-electron chi connectivity index (χ2n) is 13.8. The van der Waals surface area contributed by atoms with Crippen LogP contribution in [0.3, 0.4) is 0 Å². The zero-order chi connectivity index (χ0) is 43.4. The molecule has 1 aromatic carbocycles. The van der Waals surface area contributed by atoms with E-state index < -0.39 is 92.4 Å². The third kappa shape index (κ3) is 9.41. The number of aromatic amines is 1. The van der Waals surface area contributed by atoms with Crippen LogP contribution in [0.1, 0.15) is 49.5 Å². The van der Waals surface area contributed by atoms with Crippen LogP contribution in [0.5, 0.6) is 0 Å². The van der Waals surface area contributed by atoms with E-state index in [1.54, 1.807) is 48.7 Å². The van der Waals surface area contributed by atoms with Gasteiger partial charge in [-0.15, -0.1) is 0 Å². The first-order chi connectivity index (χ1) is 29.3. The number of hydrogen-bond acceptors (Lipinski definition) is 18. The molecule has 4 aromatic heterocycles. The minimum atomic E-state index is -3.96. The number of aromatic nitrogens is 8. The summed E-state index contributed by atoms with van der Waals surface area (Å²) < 4.78 is 53.6. The normalized spacial score (nSPS) is 23.5. The number of nitrogens with one attached hydrogen (secondary N) is 3. The smallest absolute Gasteiger partial charge is 0.450 e. The third-order valence-corrected chi connectivity index (χ3v) is 11.8. The Balaban J connectivity index is 1.09. The number of amides is 2. The molecule has 0 spiro atoms. The number of halogens is 1. The van der Waals surface area contributed by atoms with E-state index in [4.69, 9.17) is 39.6 Å². The maximum atomic E-state index is 16.2. The SMILES string of the molecule is CC(C)C(=O)Nc1nc2c(ncn2[C@@H]2O[C@H](COP(=S)(OCCC#N)O[C@H]3C[C@H](n4cnc5c(NC(=O)c6ccccc6)ncnc54)O[C@@H]3CO)[C@@H](F)[C@H]2OC(=O)O)c(=O)[nH]1. The Hall–Kier alpha value is -5.84. The van der Waals surface area contributed by atoms with Crippen LogP contribution in [0.25, 0.3) is 22.3 Å². The van der Waals surface area contributed by atoms with E-state index in [1.807, 2.05) is 6.07 Å². The summed E-state index contributed by atoms with van der Waals surface area (Å²) in [4.78, 5) is 73.3. The van der Waals surface area contributed by atoms with Gasteiger partial charge >= 0.3 is 12.9 Å². The number of fused-ring (bicyclic) bond motifs is 2. The standard InChI is InChI=1S/C35H37FN11O12PS/c1-17(2)30(49)44-34-43-29-25(32(51)45-34)41-16-47(29)33-26(58-35(52)53)23(36)21(57-33)13-55-60(61,54-10-6-9-37)59-19-11-22(56-20(19)12-48)46-15-40-24-27(38-14-39-28(24)46)42-31(50)18-7-4-3-5-8-18/h3-5,7-8,14-17,19-23,26,33,48H,6,10-13H2,1-2H3,(H,52,53)(H,38,39,42,50)(H2,43,44,45,49,51)/t19-,20+,21+,22+,23+,26+,33+,60?/m0/s1. The van der Waals surface area contributed by atoms with Crippen LogP contribution in [-0.4, -0.2) is 118 Å². The number of aliphatic hydroxyl groups excluding tert-OH is 1. The summed E-state index contributed by atoms with van der Waals surface area (Å²) in [6.07, 6.45) is -8.33. The van der Waals surface area contributed by atoms with Crippen LogP contribution in [0.15, 0.2) is 54.1 Å². The highest BCUT2D eigenvalue weighted by atomic mass is 32.5. The van der Waals surface area contributed by atoms with Crippen molar-refractivity contribution in [3.05, 3.63) is 65.2 Å². The fourth-order valence-corrected chi connectivity index (χ4v) is 8.56. The molecule has 5 aromatic rings. The lowest BCUT2D eigenvalue weighted by Gasteiger charge is -2.27. The summed E-state index contributed by atoms with van der Waals surface area (Å²) in [5.41, 5.74) is -0.250. The first-order valence-electron chi connectivity index (χ1n) is 18.5. The molecule has 0 bridgehead atoms. The molecule has 0 saturated carbocycles. The minimum absolute atomic E-state index is 0.0253. The Bertz CT molecular complexity index is 2570. The average molecular weight is 886 g/mol. The van der Waals surface area contributed by atoms with Gasteiger partial charge in [0.25, 0.3) is 11.5 Å². The van der Waals surface area contributed by atoms with Crippen LogP contribution in [-0.2, 0) is 44.4 Å². The third-order valence-electron chi connectivity index (χ3n) is 9.40. The topological polar surface area (TPSA) is 302 Å². The maximum absolute atomic E-state index is 16.2. The van der Waals surface area contributed by atoms with Crippen molar-refractivity contribution in [2.45, 2.75) is 69.7 Å². The van der Waals surface area contributed by atoms with Crippen LogP contribution in [0.2, 0.25) is 0 Å². The highest BCUT2D eigenvalue weighted by Gasteiger charge is 2.51. The number of carbonyl (C=O) groups is 3. The fraction of sp³-hybridized carbons (Fsp3) is 0.429. The molecule has 61 heavy (non-hydrogen) atoms. The molecule has 23 nitrogen and oxygen atoms in total.